The summed E-state index contributed by atoms with van der Waals surface area (Å²) in [6, 6.07) is 0.632. The molecule has 0 aromatic carbocycles. The van der Waals surface area contributed by atoms with Gasteiger partial charge in [0.15, 0.2) is 0 Å². The standard InChI is InChI=1S/C14H28N2O/c15-9-12-5-1-2-7-14(12)16-10-11-4-3-6-13(17)8-11/h11-14,16-17H,1-10,15H2. The van der Waals surface area contributed by atoms with Gasteiger partial charge in [0.05, 0.1) is 6.10 Å². The van der Waals surface area contributed by atoms with E-state index in [1.807, 2.05) is 0 Å². The molecule has 3 heteroatoms. The number of hydrogen-bond donors (Lipinski definition) is 3. The molecule has 4 unspecified atom stereocenters. The molecule has 0 aromatic heterocycles. The van der Waals surface area contributed by atoms with Gasteiger partial charge in [0.1, 0.15) is 0 Å². The predicted molar refractivity (Wildman–Crippen MR) is 70.8 cm³/mol. The van der Waals surface area contributed by atoms with Crippen molar-refractivity contribution in [3.63, 3.8) is 0 Å². The highest BCUT2D eigenvalue weighted by Gasteiger charge is 2.25. The van der Waals surface area contributed by atoms with E-state index in [1.54, 1.807) is 0 Å². The highest BCUT2D eigenvalue weighted by Crippen LogP contribution is 2.26. The first-order valence-electron chi connectivity index (χ1n) is 7.41. The lowest BCUT2D eigenvalue weighted by atomic mass is 9.83. The minimum absolute atomic E-state index is 0.0489. The number of rotatable bonds is 4. The third-order valence-corrected chi connectivity index (χ3v) is 4.64. The normalized spacial score (nSPS) is 39.2. The molecule has 0 saturated heterocycles. The molecule has 17 heavy (non-hydrogen) atoms. The third-order valence-electron chi connectivity index (χ3n) is 4.64. The molecule has 4 N–H and O–H groups in total. The summed E-state index contributed by atoms with van der Waals surface area (Å²) in [7, 11) is 0. The maximum atomic E-state index is 9.67. The van der Waals surface area contributed by atoms with E-state index in [0.717, 1.165) is 25.9 Å². The molecule has 0 amide bonds. The van der Waals surface area contributed by atoms with E-state index < -0.39 is 0 Å². The van der Waals surface area contributed by atoms with E-state index in [0.29, 0.717) is 17.9 Å². The Labute approximate surface area is 105 Å². The predicted octanol–water partition coefficient (Wildman–Crippen LogP) is 1.64. The van der Waals surface area contributed by atoms with E-state index in [4.69, 9.17) is 5.73 Å². The van der Waals surface area contributed by atoms with Crippen LogP contribution in [0, 0.1) is 11.8 Å². The number of aliphatic hydroxyl groups is 1. The molecule has 2 fully saturated rings. The largest absolute Gasteiger partial charge is 0.393 e. The van der Waals surface area contributed by atoms with Crippen molar-refractivity contribution in [2.75, 3.05) is 13.1 Å². The Kier molecular flexibility index (Phi) is 5.26. The molecule has 2 saturated carbocycles. The molecular weight excluding hydrogens is 212 g/mol. The van der Waals surface area contributed by atoms with Crippen LogP contribution in [0.4, 0.5) is 0 Å². The van der Waals surface area contributed by atoms with Crippen molar-refractivity contribution in [3.05, 3.63) is 0 Å². The van der Waals surface area contributed by atoms with Crippen LogP contribution < -0.4 is 11.1 Å². The van der Waals surface area contributed by atoms with Gasteiger partial charge in [-0.25, -0.2) is 0 Å². The summed E-state index contributed by atoms with van der Waals surface area (Å²) in [6.07, 6.45) is 9.70. The Bertz CT molecular complexity index is 222. The number of aliphatic hydroxyl groups excluding tert-OH is 1. The SMILES string of the molecule is NCC1CCCCC1NCC1CCCC(O)C1. The van der Waals surface area contributed by atoms with Crippen molar-refractivity contribution in [1.82, 2.24) is 5.32 Å². The second-order valence-corrected chi connectivity index (χ2v) is 5.98. The molecule has 2 aliphatic rings. The quantitative estimate of drug-likeness (QED) is 0.700. The van der Waals surface area contributed by atoms with Gasteiger partial charge < -0.3 is 16.2 Å². The minimum atomic E-state index is -0.0489. The van der Waals surface area contributed by atoms with Crippen LogP contribution in [-0.4, -0.2) is 30.3 Å². The second kappa shape index (κ2) is 6.72. The minimum Gasteiger partial charge on any atom is -0.393 e. The van der Waals surface area contributed by atoms with Gasteiger partial charge >= 0.3 is 0 Å². The Morgan fingerprint density at radius 3 is 2.65 bits per heavy atom. The average molecular weight is 240 g/mol. The topological polar surface area (TPSA) is 58.3 Å². The Morgan fingerprint density at radius 2 is 1.88 bits per heavy atom. The van der Waals surface area contributed by atoms with E-state index in [2.05, 4.69) is 5.32 Å². The zero-order valence-electron chi connectivity index (χ0n) is 10.9. The summed E-state index contributed by atoms with van der Waals surface area (Å²) >= 11 is 0. The molecule has 0 aliphatic heterocycles. The van der Waals surface area contributed by atoms with Crippen LogP contribution in [0.15, 0.2) is 0 Å². The summed E-state index contributed by atoms with van der Waals surface area (Å²) in [5.74, 6) is 1.36. The lowest BCUT2D eigenvalue weighted by molar-refractivity contribution is 0.0975. The fourth-order valence-electron chi connectivity index (χ4n) is 3.52. The van der Waals surface area contributed by atoms with Crippen molar-refractivity contribution in [3.8, 4) is 0 Å². The van der Waals surface area contributed by atoms with E-state index in [1.165, 1.54) is 38.5 Å². The number of nitrogens with one attached hydrogen (secondary N) is 1. The van der Waals surface area contributed by atoms with Crippen molar-refractivity contribution >= 4 is 0 Å². The van der Waals surface area contributed by atoms with Gasteiger partial charge in [-0.15, -0.1) is 0 Å². The van der Waals surface area contributed by atoms with Gasteiger partial charge in [-0.2, -0.15) is 0 Å². The lowest BCUT2D eigenvalue weighted by Gasteiger charge is -2.34. The zero-order valence-corrected chi connectivity index (χ0v) is 10.9. The second-order valence-electron chi connectivity index (χ2n) is 5.98. The monoisotopic (exact) mass is 240 g/mol. The average Bonchev–Trinajstić information content (AvgIpc) is 2.37. The summed E-state index contributed by atoms with van der Waals surface area (Å²) in [5, 5.41) is 13.4. The molecule has 100 valence electrons. The molecule has 0 radical (unpaired) electrons. The fourth-order valence-corrected chi connectivity index (χ4v) is 3.52. The van der Waals surface area contributed by atoms with Gasteiger partial charge in [0, 0.05) is 6.04 Å². The molecule has 4 atom stereocenters. The van der Waals surface area contributed by atoms with Crippen LogP contribution in [0.3, 0.4) is 0 Å². The zero-order chi connectivity index (χ0) is 12.1. The van der Waals surface area contributed by atoms with Crippen molar-refractivity contribution in [2.24, 2.45) is 17.6 Å². The summed E-state index contributed by atoms with van der Waals surface area (Å²) in [5.41, 5.74) is 5.84. The first-order chi connectivity index (χ1) is 8.29. The van der Waals surface area contributed by atoms with E-state index in [9.17, 15) is 5.11 Å². The van der Waals surface area contributed by atoms with E-state index in [-0.39, 0.29) is 6.10 Å². The van der Waals surface area contributed by atoms with Crippen molar-refractivity contribution in [1.29, 1.82) is 0 Å². The van der Waals surface area contributed by atoms with E-state index >= 15 is 0 Å². The lowest BCUT2D eigenvalue weighted by Crippen LogP contribution is -2.44. The summed E-state index contributed by atoms with van der Waals surface area (Å²) in [4.78, 5) is 0. The van der Waals surface area contributed by atoms with Crippen LogP contribution in [-0.2, 0) is 0 Å². The Balaban J connectivity index is 1.72. The Morgan fingerprint density at radius 1 is 1.06 bits per heavy atom. The molecule has 2 aliphatic carbocycles. The first kappa shape index (κ1) is 13.3. The third kappa shape index (κ3) is 3.94. The van der Waals surface area contributed by atoms with Crippen LogP contribution in [0.5, 0.6) is 0 Å². The molecule has 0 aromatic rings. The van der Waals surface area contributed by atoms with Crippen LogP contribution in [0.2, 0.25) is 0 Å². The van der Waals surface area contributed by atoms with Crippen LogP contribution in [0.25, 0.3) is 0 Å². The van der Waals surface area contributed by atoms with Gasteiger partial charge in [0.25, 0.3) is 0 Å². The number of hydrogen-bond acceptors (Lipinski definition) is 3. The number of nitrogens with two attached hydrogens (primary N) is 1. The highest BCUT2D eigenvalue weighted by atomic mass is 16.3. The smallest absolute Gasteiger partial charge is 0.0543 e. The van der Waals surface area contributed by atoms with Gasteiger partial charge in [-0.3, -0.25) is 0 Å². The van der Waals surface area contributed by atoms with Gasteiger partial charge in [-0.05, 0) is 57.0 Å². The van der Waals surface area contributed by atoms with Gasteiger partial charge in [0.2, 0.25) is 0 Å². The fraction of sp³-hybridized carbons (Fsp3) is 1.00. The van der Waals surface area contributed by atoms with Crippen LogP contribution >= 0.6 is 0 Å². The van der Waals surface area contributed by atoms with Crippen molar-refractivity contribution < 1.29 is 5.11 Å². The molecule has 0 heterocycles. The summed E-state index contributed by atoms with van der Waals surface area (Å²) < 4.78 is 0. The molecular formula is C14H28N2O. The molecule has 0 spiro atoms. The molecule has 0 bridgehead atoms. The van der Waals surface area contributed by atoms with Gasteiger partial charge in [-0.1, -0.05) is 19.3 Å². The maximum Gasteiger partial charge on any atom is 0.0543 e. The highest BCUT2D eigenvalue weighted by molar-refractivity contribution is 4.83. The molecule has 2 rings (SSSR count). The Hall–Kier alpha value is -0.120. The first-order valence-corrected chi connectivity index (χ1v) is 7.41. The van der Waals surface area contributed by atoms with Crippen molar-refractivity contribution in [2.45, 2.75) is 63.5 Å². The van der Waals surface area contributed by atoms with Crippen LogP contribution in [0.1, 0.15) is 51.4 Å². The maximum absolute atomic E-state index is 9.67. The summed E-state index contributed by atoms with van der Waals surface area (Å²) in [6.45, 7) is 1.91. The molecule has 3 nitrogen and oxygen atoms in total.